The van der Waals surface area contributed by atoms with Crippen LogP contribution in [-0.2, 0) is 11.3 Å². The molecule has 1 saturated heterocycles. The molecule has 0 aliphatic carbocycles. The van der Waals surface area contributed by atoms with Crippen LogP contribution >= 0.6 is 0 Å². The highest BCUT2D eigenvalue weighted by Gasteiger charge is 2.16. The number of morpholine rings is 1. The maximum atomic E-state index is 5.64. The summed E-state index contributed by atoms with van der Waals surface area (Å²) in [4.78, 5) is 2.29. The highest BCUT2D eigenvalue weighted by Crippen LogP contribution is 2.03. The SMILES string of the molecule is Cc1cc(CNCC2CN(C)CCO2)no1. The van der Waals surface area contributed by atoms with Crippen molar-refractivity contribution >= 4 is 0 Å². The summed E-state index contributed by atoms with van der Waals surface area (Å²) in [5, 5.41) is 7.26. The van der Waals surface area contributed by atoms with Crippen LogP contribution in [0.5, 0.6) is 0 Å². The van der Waals surface area contributed by atoms with Crippen LogP contribution in [0.4, 0.5) is 0 Å². The average molecular weight is 225 g/mol. The van der Waals surface area contributed by atoms with E-state index in [1.165, 1.54) is 0 Å². The molecular formula is C11H19N3O2. The van der Waals surface area contributed by atoms with E-state index in [0.29, 0.717) is 0 Å². The van der Waals surface area contributed by atoms with Crippen molar-refractivity contribution < 1.29 is 9.26 Å². The molecule has 2 rings (SSSR count). The first kappa shape index (κ1) is 11.6. The number of aromatic nitrogens is 1. The van der Waals surface area contributed by atoms with Crippen LogP contribution in [0.2, 0.25) is 0 Å². The molecule has 0 radical (unpaired) electrons. The van der Waals surface area contributed by atoms with Crippen molar-refractivity contribution in [1.82, 2.24) is 15.4 Å². The van der Waals surface area contributed by atoms with Gasteiger partial charge in [0.25, 0.3) is 0 Å². The summed E-state index contributed by atoms with van der Waals surface area (Å²) in [6, 6.07) is 1.95. The maximum absolute atomic E-state index is 5.64. The summed E-state index contributed by atoms with van der Waals surface area (Å²) in [6.45, 7) is 6.34. The van der Waals surface area contributed by atoms with Gasteiger partial charge in [-0.05, 0) is 14.0 Å². The minimum atomic E-state index is 0.284. The number of ether oxygens (including phenoxy) is 1. The van der Waals surface area contributed by atoms with E-state index in [2.05, 4.69) is 22.4 Å². The Balaban J connectivity index is 1.67. The van der Waals surface area contributed by atoms with Crippen molar-refractivity contribution in [2.75, 3.05) is 33.3 Å². The molecule has 1 fully saturated rings. The van der Waals surface area contributed by atoms with E-state index in [-0.39, 0.29) is 6.10 Å². The van der Waals surface area contributed by atoms with Crippen LogP contribution in [0.1, 0.15) is 11.5 Å². The third-order valence-electron chi connectivity index (χ3n) is 2.70. The van der Waals surface area contributed by atoms with Gasteiger partial charge in [-0.25, -0.2) is 0 Å². The maximum Gasteiger partial charge on any atom is 0.133 e. The Morgan fingerprint density at radius 1 is 1.62 bits per heavy atom. The molecular weight excluding hydrogens is 206 g/mol. The van der Waals surface area contributed by atoms with Gasteiger partial charge in [-0.2, -0.15) is 0 Å². The van der Waals surface area contributed by atoms with Crippen LogP contribution in [0.25, 0.3) is 0 Å². The molecule has 5 nitrogen and oxygen atoms in total. The zero-order valence-corrected chi connectivity index (χ0v) is 9.90. The van der Waals surface area contributed by atoms with Crippen molar-refractivity contribution in [2.45, 2.75) is 19.6 Å². The summed E-state index contributed by atoms with van der Waals surface area (Å²) < 4.78 is 10.6. The molecule has 90 valence electrons. The summed E-state index contributed by atoms with van der Waals surface area (Å²) in [6.07, 6.45) is 0.284. The zero-order chi connectivity index (χ0) is 11.4. The quantitative estimate of drug-likeness (QED) is 0.804. The van der Waals surface area contributed by atoms with Crippen molar-refractivity contribution in [2.24, 2.45) is 0 Å². The monoisotopic (exact) mass is 225 g/mol. The lowest BCUT2D eigenvalue weighted by molar-refractivity contribution is -0.0182. The number of hydrogen-bond acceptors (Lipinski definition) is 5. The van der Waals surface area contributed by atoms with Crippen molar-refractivity contribution in [3.63, 3.8) is 0 Å². The lowest BCUT2D eigenvalue weighted by Gasteiger charge is -2.30. The molecule has 1 atom stereocenters. The Morgan fingerprint density at radius 2 is 2.50 bits per heavy atom. The lowest BCUT2D eigenvalue weighted by Crippen LogP contribution is -2.44. The fraction of sp³-hybridized carbons (Fsp3) is 0.727. The molecule has 0 aromatic carbocycles. The highest BCUT2D eigenvalue weighted by molar-refractivity contribution is 5.02. The van der Waals surface area contributed by atoms with Gasteiger partial charge < -0.3 is 19.5 Å². The summed E-state index contributed by atoms with van der Waals surface area (Å²) in [7, 11) is 2.12. The van der Waals surface area contributed by atoms with Gasteiger partial charge in [0.05, 0.1) is 18.4 Å². The normalized spacial score (nSPS) is 22.5. The molecule has 0 saturated carbocycles. The Kier molecular flexibility index (Phi) is 3.93. The first-order valence-corrected chi connectivity index (χ1v) is 5.67. The number of rotatable bonds is 4. The fourth-order valence-electron chi connectivity index (χ4n) is 1.85. The molecule has 1 aliphatic heterocycles. The molecule has 1 aliphatic rings. The van der Waals surface area contributed by atoms with Crippen LogP contribution in [-0.4, -0.2) is 49.4 Å². The van der Waals surface area contributed by atoms with E-state index in [9.17, 15) is 0 Å². The minimum Gasteiger partial charge on any atom is -0.374 e. The standard InChI is InChI=1S/C11H19N3O2/c1-9-5-10(13-16-9)6-12-7-11-8-14(2)3-4-15-11/h5,11-12H,3-4,6-8H2,1-2H3. The van der Waals surface area contributed by atoms with Gasteiger partial charge >= 0.3 is 0 Å². The van der Waals surface area contributed by atoms with E-state index in [1.807, 2.05) is 13.0 Å². The van der Waals surface area contributed by atoms with Gasteiger partial charge in [-0.1, -0.05) is 5.16 Å². The molecule has 1 aromatic heterocycles. The second-order valence-electron chi connectivity index (χ2n) is 4.31. The smallest absolute Gasteiger partial charge is 0.133 e. The average Bonchev–Trinajstić information content (AvgIpc) is 2.64. The molecule has 16 heavy (non-hydrogen) atoms. The Hall–Kier alpha value is -0.910. The van der Waals surface area contributed by atoms with Gasteiger partial charge in [0, 0.05) is 32.2 Å². The highest BCUT2D eigenvalue weighted by atomic mass is 16.5. The van der Waals surface area contributed by atoms with E-state index in [1.54, 1.807) is 0 Å². The Bertz CT molecular complexity index is 327. The largest absolute Gasteiger partial charge is 0.374 e. The lowest BCUT2D eigenvalue weighted by atomic mass is 10.3. The number of likely N-dealkylation sites (N-methyl/N-ethyl adjacent to an activating group) is 1. The van der Waals surface area contributed by atoms with Crippen molar-refractivity contribution in [3.8, 4) is 0 Å². The molecule has 1 N–H and O–H groups in total. The minimum absolute atomic E-state index is 0.284. The van der Waals surface area contributed by atoms with Gasteiger partial charge in [-0.15, -0.1) is 0 Å². The molecule has 0 amide bonds. The third-order valence-corrected chi connectivity index (χ3v) is 2.70. The van der Waals surface area contributed by atoms with Crippen molar-refractivity contribution in [3.05, 3.63) is 17.5 Å². The van der Waals surface area contributed by atoms with E-state index in [4.69, 9.17) is 9.26 Å². The van der Waals surface area contributed by atoms with Crippen LogP contribution < -0.4 is 5.32 Å². The predicted molar refractivity (Wildman–Crippen MR) is 60.2 cm³/mol. The first-order valence-electron chi connectivity index (χ1n) is 5.67. The Morgan fingerprint density at radius 3 is 3.19 bits per heavy atom. The van der Waals surface area contributed by atoms with Gasteiger partial charge in [0.15, 0.2) is 0 Å². The van der Waals surface area contributed by atoms with Crippen LogP contribution in [0.3, 0.4) is 0 Å². The molecule has 1 aromatic rings. The number of aryl methyl sites for hydroxylation is 1. The van der Waals surface area contributed by atoms with Gasteiger partial charge in [0.1, 0.15) is 5.76 Å². The third kappa shape index (κ3) is 3.30. The topological polar surface area (TPSA) is 50.5 Å². The summed E-state index contributed by atoms with van der Waals surface area (Å²) >= 11 is 0. The number of nitrogens with zero attached hydrogens (tertiary/aromatic N) is 2. The first-order chi connectivity index (χ1) is 7.74. The second kappa shape index (κ2) is 5.43. The fourth-order valence-corrected chi connectivity index (χ4v) is 1.85. The zero-order valence-electron chi connectivity index (χ0n) is 9.90. The summed E-state index contributed by atoms with van der Waals surface area (Å²) in [5.74, 6) is 0.852. The molecule has 0 bridgehead atoms. The van der Waals surface area contributed by atoms with Crippen LogP contribution in [0, 0.1) is 6.92 Å². The van der Waals surface area contributed by atoms with E-state index >= 15 is 0 Å². The predicted octanol–water partition coefficient (Wildman–Crippen LogP) is 0.403. The van der Waals surface area contributed by atoms with E-state index < -0.39 is 0 Å². The molecule has 1 unspecified atom stereocenters. The van der Waals surface area contributed by atoms with Crippen LogP contribution in [0.15, 0.2) is 10.6 Å². The summed E-state index contributed by atoms with van der Waals surface area (Å²) in [5.41, 5.74) is 0.946. The molecule has 0 spiro atoms. The number of hydrogen-bond donors (Lipinski definition) is 1. The molecule has 5 heteroatoms. The van der Waals surface area contributed by atoms with Gasteiger partial charge in [0.2, 0.25) is 0 Å². The second-order valence-corrected chi connectivity index (χ2v) is 4.31. The molecule has 2 heterocycles. The Labute approximate surface area is 95.7 Å². The number of nitrogens with one attached hydrogen (secondary N) is 1. The van der Waals surface area contributed by atoms with Crippen molar-refractivity contribution in [1.29, 1.82) is 0 Å². The van der Waals surface area contributed by atoms with E-state index in [0.717, 1.165) is 44.2 Å². The van der Waals surface area contributed by atoms with Gasteiger partial charge in [-0.3, -0.25) is 0 Å².